The van der Waals surface area contributed by atoms with Gasteiger partial charge in [0.2, 0.25) is 0 Å². The first-order valence-electron chi connectivity index (χ1n) is 7.63. The van der Waals surface area contributed by atoms with Gasteiger partial charge in [-0.3, -0.25) is 9.98 Å². The maximum absolute atomic E-state index is 4.79. The molecule has 0 spiro atoms. The molecule has 0 saturated heterocycles. The molecule has 1 aromatic carbocycles. The molecule has 2 heteroatoms. The first kappa shape index (κ1) is 15.4. The molecule has 0 saturated carbocycles. The van der Waals surface area contributed by atoms with Crippen molar-refractivity contribution in [3.63, 3.8) is 0 Å². The highest BCUT2D eigenvalue weighted by atomic mass is 14.7. The van der Waals surface area contributed by atoms with E-state index in [0.29, 0.717) is 11.8 Å². The lowest BCUT2D eigenvalue weighted by Crippen LogP contribution is -1.96. The Morgan fingerprint density at radius 1 is 1.00 bits per heavy atom. The average Bonchev–Trinajstić information content (AvgIpc) is 2.48. The SMILES string of the molecule is CC(C)c1cccc(C(C)C)c1N=CCc1cccnc1. The van der Waals surface area contributed by atoms with Crippen LogP contribution in [0.3, 0.4) is 0 Å². The van der Waals surface area contributed by atoms with E-state index < -0.39 is 0 Å². The van der Waals surface area contributed by atoms with Crippen LogP contribution < -0.4 is 0 Å². The van der Waals surface area contributed by atoms with Crippen LogP contribution in [0.2, 0.25) is 0 Å². The van der Waals surface area contributed by atoms with Crippen molar-refractivity contribution < 1.29 is 0 Å². The van der Waals surface area contributed by atoms with Crippen LogP contribution in [-0.2, 0) is 6.42 Å². The minimum Gasteiger partial charge on any atom is -0.264 e. The maximum atomic E-state index is 4.79. The van der Waals surface area contributed by atoms with Crippen molar-refractivity contribution in [1.29, 1.82) is 0 Å². The van der Waals surface area contributed by atoms with Crippen LogP contribution in [0.25, 0.3) is 0 Å². The summed E-state index contributed by atoms with van der Waals surface area (Å²) in [6.45, 7) is 8.89. The molecule has 0 aliphatic rings. The van der Waals surface area contributed by atoms with E-state index in [9.17, 15) is 0 Å². The largest absolute Gasteiger partial charge is 0.264 e. The molecular formula is C19H24N2. The molecule has 0 aliphatic carbocycles. The van der Waals surface area contributed by atoms with E-state index in [0.717, 1.165) is 12.1 Å². The van der Waals surface area contributed by atoms with Crippen molar-refractivity contribution in [2.24, 2.45) is 4.99 Å². The number of nitrogens with zero attached hydrogens (tertiary/aromatic N) is 2. The van der Waals surface area contributed by atoms with Gasteiger partial charge in [0.15, 0.2) is 0 Å². The summed E-state index contributed by atoms with van der Waals surface area (Å²) in [6.07, 6.45) is 6.51. The summed E-state index contributed by atoms with van der Waals surface area (Å²) in [4.78, 5) is 8.93. The quantitative estimate of drug-likeness (QED) is 0.685. The summed E-state index contributed by atoms with van der Waals surface area (Å²) in [6, 6.07) is 10.6. The van der Waals surface area contributed by atoms with E-state index in [1.807, 2.05) is 18.5 Å². The summed E-state index contributed by atoms with van der Waals surface area (Å²) in [5.41, 5.74) is 4.98. The standard InChI is InChI=1S/C19H24N2/c1-14(2)17-8-5-9-18(15(3)4)19(17)21-12-10-16-7-6-11-20-13-16/h5-9,11-15H,10H2,1-4H3. The Balaban J connectivity index is 2.29. The van der Waals surface area contributed by atoms with E-state index in [-0.39, 0.29) is 0 Å². The molecule has 2 nitrogen and oxygen atoms in total. The normalized spacial score (nSPS) is 11.7. The van der Waals surface area contributed by atoms with Gasteiger partial charge in [0, 0.05) is 25.0 Å². The third-order valence-electron chi connectivity index (χ3n) is 3.61. The lowest BCUT2D eigenvalue weighted by atomic mass is 9.93. The van der Waals surface area contributed by atoms with Gasteiger partial charge in [-0.15, -0.1) is 0 Å². The Kier molecular flexibility index (Phi) is 5.26. The number of hydrogen-bond acceptors (Lipinski definition) is 2. The Hall–Kier alpha value is -1.96. The number of aliphatic imine (C=N–C) groups is 1. The van der Waals surface area contributed by atoms with Crippen molar-refractivity contribution >= 4 is 11.9 Å². The number of para-hydroxylation sites is 1. The van der Waals surface area contributed by atoms with E-state index in [4.69, 9.17) is 4.99 Å². The smallest absolute Gasteiger partial charge is 0.0694 e. The van der Waals surface area contributed by atoms with Gasteiger partial charge in [-0.1, -0.05) is 52.0 Å². The molecule has 0 amide bonds. The van der Waals surface area contributed by atoms with Crippen molar-refractivity contribution in [1.82, 2.24) is 4.98 Å². The summed E-state index contributed by atoms with van der Waals surface area (Å²) < 4.78 is 0. The van der Waals surface area contributed by atoms with Crippen LogP contribution in [0.4, 0.5) is 5.69 Å². The van der Waals surface area contributed by atoms with Gasteiger partial charge >= 0.3 is 0 Å². The molecule has 0 radical (unpaired) electrons. The second-order valence-corrected chi connectivity index (χ2v) is 5.97. The lowest BCUT2D eigenvalue weighted by Gasteiger charge is -2.16. The first-order valence-corrected chi connectivity index (χ1v) is 7.63. The Morgan fingerprint density at radius 3 is 2.19 bits per heavy atom. The van der Waals surface area contributed by atoms with Gasteiger partial charge in [-0.25, -0.2) is 0 Å². The molecule has 2 rings (SSSR count). The number of benzene rings is 1. The molecule has 1 heterocycles. The minimum absolute atomic E-state index is 0.481. The molecule has 110 valence electrons. The molecule has 0 bridgehead atoms. The molecule has 0 aliphatic heterocycles. The lowest BCUT2D eigenvalue weighted by molar-refractivity contribution is 0.835. The fraction of sp³-hybridized carbons (Fsp3) is 0.368. The monoisotopic (exact) mass is 280 g/mol. The van der Waals surface area contributed by atoms with Gasteiger partial charge in [-0.2, -0.15) is 0 Å². The van der Waals surface area contributed by atoms with Crippen molar-refractivity contribution in [2.45, 2.75) is 46.0 Å². The van der Waals surface area contributed by atoms with E-state index in [1.165, 1.54) is 16.7 Å². The zero-order valence-corrected chi connectivity index (χ0v) is 13.4. The van der Waals surface area contributed by atoms with E-state index in [2.05, 4.69) is 56.9 Å². The van der Waals surface area contributed by atoms with Gasteiger partial charge in [0.25, 0.3) is 0 Å². The highest BCUT2D eigenvalue weighted by Gasteiger charge is 2.12. The fourth-order valence-electron chi connectivity index (χ4n) is 2.42. The van der Waals surface area contributed by atoms with Crippen LogP contribution in [0, 0.1) is 0 Å². The average molecular weight is 280 g/mol. The van der Waals surface area contributed by atoms with Crippen LogP contribution in [0.1, 0.15) is 56.2 Å². The van der Waals surface area contributed by atoms with Crippen LogP contribution in [0.5, 0.6) is 0 Å². The third-order valence-corrected chi connectivity index (χ3v) is 3.61. The Morgan fingerprint density at radius 2 is 1.67 bits per heavy atom. The predicted octanol–water partition coefficient (Wildman–Crippen LogP) is 5.27. The second-order valence-electron chi connectivity index (χ2n) is 5.97. The van der Waals surface area contributed by atoms with Gasteiger partial charge in [0.1, 0.15) is 0 Å². The Bertz CT molecular complexity index is 572. The molecule has 0 N–H and O–H groups in total. The molecule has 21 heavy (non-hydrogen) atoms. The predicted molar refractivity (Wildman–Crippen MR) is 90.7 cm³/mol. The topological polar surface area (TPSA) is 25.2 Å². The first-order chi connectivity index (χ1) is 10.1. The van der Waals surface area contributed by atoms with Crippen molar-refractivity contribution in [2.75, 3.05) is 0 Å². The molecule has 0 unspecified atom stereocenters. The molecular weight excluding hydrogens is 256 g/mol. The zero-order valence-electron chi connectivity index (χ0n) is 13.4. The molecule has 1 aromatic heterocycles. The number of pyridine rings is 1. The van der Waals surface area contributed by atoms with Crippen molar-refractivity contribution in [3.8, 4) is 0 Å². The third kappa shape index (κ3) is 4.01. The summed E-state index contributed by atoms with van der Waals surface area (Å²) >= 11 is 0. The van der Waals surface area contributed by atoms with Crippen molar-refractivity contribution in [3.05, 3.63) is 59.4 Å². The Labute approximate surface area is 128 Å². The number of aromatic nitrogens is 1. The molecule has 2 aromatic rings. The summed E-state index contributed by atoms with van der Waals surface area (Å²) in [5.74, 6) is 0.962. The second kappa shape index (κ2) is 7.16. The van der Waals surface area contributed by atoms with Crippen LogP contribution in [0.15, 0.2) is 47.7 Å². The highest BCUT2D eigenvalue weighted by Crippen LogP contribution is 2.34. The van der Waals surface area contributed by atoms with Crippen LogP contribution >= 0.6 is 0 Å². The maximum Gasteiger partial charge on any atom is 0.0694 e. The highest BCUT2D eigenvalue weighted by molar-refractivity contribution is 5.69. The van der Waals surface area contributed by atoms with Gasteiger partial charge in [-0.05, 0) is 34.6 Å². The molecule has 0 atom stereocenters. The molecule has 0 fully saturated rings. The van der Waals surface area contributed by atoms with Crippen LogP contribution in [-0.4, -0.2) is 11.2 Å². The van der Waals surface area contributed by atoms with E-state index >= 15 is 0 Å². The number of rotatable bonds is 5. The zero-order chi connectivity index (χ0) is 15.2. The van der Waals surface area contributed by atoms with Gasteiger partial charge in [0.05, 0.1) is 5.69 Å². The van der Waals surface area contributed by atoms with Gasteiger partial charge < -0.3 is 0 Å². The van der Waals surface area contributed by atoms with E-state index in [1.54, 1.807) is 6.20 Å². The summed E-state index contributed by atoms with van der Waals surface area (Å²) in [7, 11) is 0. The number of hydrogen-bond donors (Lipinski definition) is 0. The fourth-order valence-corrected chi connectivity index (χ4v) is 2.42. The minimum atomic E-state index is 0.481. The summed E-state index contributed by atoms with van der Waals surface area (Å²) in [5, 5.41) is 0.